The zero-order chi connectivity index (χ0) is 10.1. The molecule has 0 N–H and O–H groups in total. The normalized spacial score (nSPS) is 20.9. The molecule has 1 aromatic carbocycles. The van der Waals surface area contributed by atoms with Crippen molar-refractivity contribution in [3.8, 4) is 5.75 Å². The lowest BCUT2D eigenvalue weighted by molar-refractivity contribution is 0.316. The molecule has 1 aromatic rings. The first kappa shape index (κ1) is 9.85. The van der Waals surface area contributed by atoms with Crippen LogP contribution in [-0.2, 0) is 0 Å². The van der Waals surface area contributed by atoms with Gasteiger partial charge < -0.3 is 4.74 Å². The maximum atomic E-state index is 6.30. The number of hydrogen-bond donors (Lipinski definition) is 0. The molecule has 0 radical (unpaired) electrons. The van der Waals surface area contributed by atoms with Gasteiger partial charge in [0.1, 0.15) is 5.75 Å². The number of hydrogen-bond acceptors (Lipinski definition) is 1. The Hall–Kier alpha value is -0.690. The predicted molar refractivity (Wildman–Crippen MR) is 59.3 cm³/mol. The Labute approximate surface area is 90.0 Å². The highest BCUT2D eigenvalue weighted by Crippen LogP contribution is 2.39. The van der Waals surface area contributed by atoms with Gasteiger partial charge in [-0.25, -0.2) is 0 Å². The number of rotatable bonds is 0. The van der Waals surface area contributed by atoms with E-state index >= 15 is 0 Å². The number of aryl methyl sites for hydroxylation is 1. The van der Waals surface area contributed by atoms with E-state index in [1.54, 1.807) is 0 Å². The van der Waals surface area contributed by atoms with E-state index in [0.29, 0.717) is 5.92 Å². The molecule has 14 heavy (non-hydrogen) atoms. The highest BCUT2D eigenvalue weighted by Gasteiger charge is 2.19. The quantitative estimate of drug-likeness (QED) is 0.631. The molecule has 0 saturated heterocycles. The number of benzene rings is 1. The Balaban J connectivity index is 2.54. The summed E-state index contributed by atoms with van der Waals surface area (Å²) in [6.07, 6.45) is 2.28. The zero-order valence-corrected chi connectivity index (χ0v) is 9.40. The van der Waals surface area contributed by atoms with Crippen molar-refractivity contribution in [3.05, 3.63) is 28.3 Å². The van der Waals surface area contributed by atoms with Gasteiger partial charge in [-0.15, -0.1) is 0 Å². The second-order valence-corrected chi connectivity index (χ2v) is 4.38. The molecule has 0 amide bonds. The SMILES string of the molecule is Cc1ccc2c(c1Cl)C(C)CCCO2. The minimum absolute atomic E-state index is 0.514. The van der Waals surface area contributed by atoms with Gasteiger partial charge >= 0.3 is 0 Å². The number of halogens is 1. The third-order valence-electron chi connectivity index (χ3n) is 2.86. The second kappa shape index (κ2) is 3.82. The fourth-order valence-electron chi connectivity index (χ4n) is 1.99. The van der Waals surface area contributed by atoms with Gasteiger partial charge in [-0.2, -0.15) is 0 Å². The lowest BCUT2D eigenvalue weighted by Crippen LogP contribution is -1.96. The van der Waals surface area contributed by atoms with Crippen LogP contribution in [0.3, 0.4) is 0 Å². The van der Waals surface area contributed by atoms with Crippen LogP contribution in [0.5, 0.6) is 5.75 Å². The Kier molecular flexibility index (Phi) is 2.69. The molecule has 0 fully saturated rings. The van der Waals surface area contributed by atoms with E-state index in [-0.39, 0.29) is 0 Å². The summed E-state index contributed by atoms with van der Waals surface area (Å²) in [5.41, 5.74) is 2.34. The lowest BCUT2D eigenvalue weighted by atomic mass is 9.95. The van der Waals surface area contributed by atoms with E-state index in [1.807, 2.05) is 19.1 Å². The summed E-state index contributed by atoms with van der Waals surface area (Å²) in [5, 5.41) is 0.886. The molecule has 1 heterocycles. The van der Waals surface area contributed by atoms with Crippen LogP contribution in [0.1, 0.15) is 36.8 Å². The first-order valence-corrected chi connectivity index (χ1v) is 5.49. The van der Waals surface area contributed by atoms with Gasteiger partial charge in [0.2, 0.25) is 0 Å². The van der Waals surface area contributed by atoms with Gasteiger partial charge in [-0.05, 0) is 37.3 Å². The second-order valence-electron chi connectivity index (χ2n) is 4.00. The molecule has 0 aromatic heterocycles. The van der Waals surface area contributed by atoms with Gasteiger partial charge in [0.25, 0.3) is 0 Å². The third kappa shape index (κ3) is 1.61. The van der Waals surface area contributed by atoms with E-state index in [1.165, 1.54) is 5.56 Å². The van der Waals surface area contributed by atoms with E-state index in [0.717, 1.165) is 35.8 Å². The maximum Gasteiger partial charge on any atom is 0.124 e. The first-order chi connectivity index (χ1) is 6.70. The van der Waals surface area contributed by atoms with Gasteiger partial charge in [-0.3, -0.25) is 0 Å². The standard InChI is InChI=1S/C12H15ClO/c1-8-4-3-7-14-10-6-5-9(2)12(13)11(8)10/h5-6,8H,3-4,7H2,1-2H3. The van der Waals surface area contributed by atoms with Crippen molar-refractivity contribution in [2.45, 2.75) is 32.6 Å². The largest absolute Gasteiger partial charge is 0.493 e. The summed E-state index contributed by atoms with van der Waals surface area (Å²) in [6.45, 7) is 5.08. The smallest absolute Gasteiger partial charge is 0.124 e. The van der Waals surface area contributed by atoms with Crippen LogP contribution in [0.25, 0.3) is 0 Å². The van der Waals surface area contributed by atoms with Crippen molar-refractivity contribution in [2.75, 3.05) is 6.61 Å². The van der Waals surface area contributed by atoms with Crippen molar-refractivity contribution < 1.29 is 4.74 Å². The molecule has 1 nitrogen and oxygen atoms in total. The minimum atomic E-state index is 0.514. The Morgan fingerprint density at radius 1 is 1.43 bits per heavy atom. The summed E-state index contributed by atoms with van der Waals surface area (Å²) < 4.78 is 5.67. The van der Waals surface area contributed by atoms with E-state index in [2.05, 4.69) is 6.92 Å². The highest BCUT2D eigenvalue weighted by atomic mass is 35.5. The average molecular weight is 211 g/mol. The Bertz CT molecular complexity index is 346. The molecular weight excluding hydrogens is 196 g/mol. The van der Waals surface area contributed by atoms with Crippen LogP contribution < -0.4 is 4.74 Å². The minimum Gasteiger partial charge on any atom is -0.493 e. The summed E-state index contributed by atoms with van der Waals surface area (Å²) >= 11 is 6.30. The highest BCUT2D eigenvalue weighted by molar-refractivity contribution is 6.32. The Morgan fingerprint density at radius 2 is 2.21 bits per heavy atom. The molecule has 1 unspecified atom stereocenters. The van der Waals surface area contributed by atoms with E-state index < -0.39 is 0 Å². The predicted octanol–water partition coefficient (Wildman–Crippen LogP) is 3.92. The van der Waals surface area contributed by atoms with Gasteiger partial charge in [0.05, 0.1) is 11.6 Å². The molecule has 2 rings (SSSR count). The summed E-state index contributed by atoms with van der Waals surface area (Å²) in [5.74, 6) is 1.49. The monoisotopic (exact) mass is 210 g/mol. The van der Waals surface area contributed by atoms with Crippen LogP contribution in [0.2, 0.25) is 5.02 Å². The van der Waals surface area contributed by atoms with Crippen LogP contribution >= 0.6 is 11.6 Å². The van der Waals surface area contributed by atoms with Crippen molar-refractivity contribution >= 4 is 11.6 Å². The van der Waals surface area contributed by atoms with Crippen LogP contribution in [0, 0.1) is 6.92 Å². The van der Waals surface area contributed by atoms with Crippen molar-refractivity contribution in [2.24, 2.45) is 0 Å². The van der Waals surface area contributed by atoms with E-state index in [9.17, 15) is 0 Å². The molecule has 0 saturated carbocycles. The molecule has 1 aliphatic rings. The van der Waals surface area contributed by atoms with Gasteiger partial charge in [-0.1, -0.05) is 24.6 Å². The van der Waals surface area contributed by atoms with Crippen molar-refractivity contribution in [1.82, 2.24) is 0 Å². The number of ether oxygens (including phenoxy) is 1. The molecule has 0 aliphatic carbocycles. The Morgan fingerprint density at radius 3 is 3.00 bits per heavy atom. The molecule has 76 valence electrons. The molecule has 2 heteroatoms. The first-order valence-electron chi connectivity index (χ1n) is 5.12. The molecule has 0 bridgehead atoms. The topological polar surface area (TPSA) is 9.23 Å². The van der Waals surface area contributed by atoms with Crippen LogP contribution in [-0.4, -0.2) is 6.61 Å². The summed E-state index contributed by atoms with van der Waals surface area (Å²) in [4.78, 5) is 0. The fourth-order valence-corrected chi connectivity index (χ4v) is 2.33. The number of fused-ring (bicyclic) bond motifs is 1. The van der Waals surface area contributed by atoms with E-state index in [4.69, 9.17) is 16.3 Å². The summed E-state index contributed by atoms with van der Waals surface area (Å²) in [6, 6.07) is 4.07. The van der Waals surface area contributed by atoms with Crippen molar-refractivity contribution in [3.63, 3.8) is 0 Å². The van der Waals surface area contributed by atoms with Gasteiger partial charge in [0.15, 0.2) is 0 Å². The third-order valence-corrected chi connectivity index (χ3v) is 3.37. The maximum absolute atomic E-state index is 6.30. The fraction of sp³-hybridized carbons (Fsp3) is 0.500. The molecule has 0 spiro atoms. The molecule has 1 aliphatic heterocycles. The molecule has 1 atom stereocenters. The van der Waals surface area contributed by atoms with Crippen molar-refractivity contribution in [1.29, 1.82) is 0 Å². The summed E-state index contributed by atoms with van der Waals surface area (Å²) in [7, 11) is 0. The lowest BCUT2D eigenvalue weighted by Gasteiger charge is -2.15. The van der Waals surface area contributed by atoms with Crippen LogP contribution in [0.4, 0.5) is 0 Å². The van der Waals surface area contributed by atoms with Crippen LogP contribution in [0.15, 0.2) is 12.1 Å². The zero-order valence-electron chi connectivity index (χ0n) is 8.64. The van der Waals surface area contributed by atoms with Gasteiger partial charge in [0, 0.05) is 5.56 Å². The molecular formula is C12H15ClO. The average Bonchev–Trinajstić information content (AvgIpc) is 2.35.